The molecular formula is C25H24N4O3. The first-order valence-corrected chi connectivity index (χ1v) is 10.6. The molecule has 1 aliphatic rings. The second-order valence-electron chi connectivity index (χ2n) is 8.03. The Bertz CT molecular complexity index is 1300. The summed E-state index contributed by atoms with van der Waals surface area (Å²) in [5, 5.41) is 10.7. The van der Waals surface area contributed by atoms with E-state index >= 15 is 0 Å². The van der Waals surface area contributed by atoms with E-state index in [9.17, 15) is 19.6 Å². The molecule has 7 heteroatoms. The van der Waals surface area contributed by atoms with Gasteiger partial charge >= 0.3 is 0 Å². The SMILES string of the molecule is CC(=O)N1CCN(c2c(C#N)c(=O)n(CC(=O)c3ccccc3)c3ccc(C)cc23)CC1. The van der Waals surface area contributed by atoms with Crippen molar-refractivity contribution in [2.24, 2.45) is 0 Å². The molecular weight excluding hydrogens is 404 g/mol. The lowest BCUT2D eigenvalue weighted by molar-refractivity contribution is -0.129. The summed E-state index contributed by atoms with van der Waals surface area (Å²) >= 11 is 0. The van der Waals surface area contributed by atoms with E-state index in [0.29, 0.717) is 42.9 Å². The highest BCUT2D eigenvalue weighted by molar-refractivity contribution is 5.99. The quantitative estimate of drug-likeness (QED) is 0.597. The molecule has 4 rings (SSSR count). The molecule has 1 fully saturated rings. The number of hydrogen-bond donors (Lipinski definition) is 0. The highest BCUT2D eigenvalue weighted by Crippen LogP contribution is 2.30. The Hall–Kier alpha value is -3.92. The van der Waals surface area contributed by atoms with Crippen molar-refractivity contribution in [2.75, 3.05) is 31.1 Å². The predicted molar refractivity (Wildman–Crippen MR) is 123 cm³/mol. The van der Waals surface area contributed by atoms with Gasteiger partial charge in [0.25, 0.3) is 5.56 Å². The highest BCUT2D eigenvalue weighted by Gasteiger charge is 2.26. The third-order valence-electron chi connectivity index (χ3n) is 5.94. The first-order chi connectivity index (χ1) is 15.4. The Balaban J connectivity index is 1.84. The van der Waals surface area contributed by atoms with E-state index in [1.807, 2.05) is 36.1 Å². The Morgan fingerprint density at radius 3 is 2.34 bits per heavy atom. The average Bonchev–Trinajstić information content (AvgIpc) is 2.81. The molecule has 0 unspecified atom stereocenters. The number of carbonyl (C=O) groups excluding carboxylic acids is 2. The molecule has 3 aromatic rings. The molecule has 0 spiro atoms. The minimum absolute atomic E-state index is 0.0145. The number of amides is 1. The fourth-order valence-electron chi connectivity index (χ4n) is 4.25. The number of aryl methyl sites for hydroxylation is 1. The zero-order chi connectivity index (χ0) is 22.8. The van der Waals surface area contributed by atoms with Crippen molar-refractivity contribution in [2.45, 2.75) is 20.4 Å². The van der Waals surface area contributed by atoms with Crippen LogP contribution in [0.2, 0.25) is 0 Å². The number of anilines is 1. The number of carbonyl (C=O) groups is 2. The van der Waals surface area contributed by atoms with Crippen LogP contribution in [-0.2, 0) is 11.3 Å². The van der Waals surface area contributed by atoms with Crippen LogP contribution in [0.1, 0.15) is 28.4 Å². The lowest BCUT2D eigenvalue weighted by Crippen LogP contribution is -2.48. The summed E-state index contributed by atoms with van der Waals surface area (Å²) in [7, 11) is 0. The monoisotopic (exact) mass is 428 g/mol. The minimum Gasteiger partial charge on any atom is -0.366 e. The topological polar surface area (TPSA) is 86.4 Å². The molecule has 0 aliphatic carbocycles. The normalized spacial score (nSPS) is 13.8. The van der Waals surface area contributed by atoms with Gasteiger partial charge < -0.3 is 9.80 Å². The number of nitrogens with zero attached hydrogens (tertiary/aromatic N) is 4. The molecule has 7 nitrogen and oxygen atoms in total. The number of piperazine rings is 1. The summed E-state index contributed by atoms with van der Waals surface area (Å²) < 4.78 is 1.40. The van der Waals surface area contributed by atoms with Gasteiger partial charge in [0.1, 0.15) is 11.6 Å². The van der Waals surface area contributed by atoms with Crippen molar-refractivity contribution in [3.8, 4) is 6.07 Å². The van der Waals surface area contributed by atoms with Gasteiger partial charge in [0.2, 0.25) is 5.91 Å². The van der Waals surface area contributed by atoms with Crippen molar-refractivity contribution in [3.63, 3.8) is 0 Å². The van der Waals surface area contributed by atoms with Crippen LogP contribution >= 0.6 is 0 Å². The fraction of sp³-hybridized carbons (Fsp3) is 0.280. The first kappa shape index (κ1) is 21.3. The number of fused-ring (bicyclic) bond motifs is 1. The molecule has 0 N–H and O–H groups in total. The van der Waals surface area contributed by atoms with Crippen LogP contribution in [0.5, 0.6) is 0 Å². The summed E-state index contributed by atoms with van der Waals surface area (Å²) in [6, 6.07) is 16.6. The smallest absolute Gasteiger partial charge is 0.271 e. The largest absolute Gasteiger partial charge is 0.366 e. The standard InChI is InChI=1S/C25H24N4O3/c1-17-8-9-22-20(14-17)24(28-12-10-27(11-13-28)18(2)30)21(15-26)25(32)29(22)16-23(31)19-6-4-3-5-7-19/h3-9,14H,10-13,16H2,1-2H3. The number of nitriles is 1. The lowest BCUT2D eigenvalue weighted by Gasteiger charge is -2.36. The number of pyridine rings is 1. The summed E-state index contributed by atoms with van der Waals surface area (Å²) in [5.74, 6) is -0.179. The Morgan fingerprint density at radius 2 is 1.72 bits per heavy atom. The molecule has 1 amide bonds. The van der Waals surface area contributed by atoms with Crippen LogP contribution in [-0.4, -0.2) is 47.3 Å². The Kier molecular flexibility index (Phi) is 5.78. The van der Waals surface area contributed by atoms with E-state index in [0.717, 1.165) is 10.9 Å². The van der Waals surface area contributed by atoms with Crippen LogP contribution in [0.4, 0.5) is 5.69 Å². The van der Waals surface area contributed by atoms with E-state index < -0.39 is 5.56 Å². The van der Waals surface area contributed by atoms with Gasteiger partial charge in [-0.2, -0.15) is 5.26 Å². The van der Waals surface area contributed by atoms with Crippen molar-refractivity contribution in [1.29, 1.82) is 5.26 Å². The number of ketones is 1. The summed E-state index contributed by atoms with van der Waals surface area (Å²) in [6.45, 7) is 5.47. The van der Waals surface area contributed by atoms with E-state index in [1.54, 1.807) is 36.1 Å². The number of Topliss-reactive ketones (excluding diaryl/α,β-unsaturated/α-hetero) is 1. The minimum atomic E-state index is -0.475. The highest BCUT2D eigenvalue weighted by atomic mass is 16.2. The lowest BCUT2D eigenvalue weighted by atomic mass is 10.0. The third-order valence-corrected chi connectivity index (χ3v) is 5.94. The molecule has 1 saturated heterocycles. The van der Waals surface area contributed by atoms with E-state index in [1.165, 1.54) is 4.57 Å². The number of rotatable bonds is 4. The van der Waals surface area contributed by atoms with Crippen LogP contribution in [0, 0.1) is 18.3 Å². The molecule has 0 saturated carbocycles. The van der Waals surface area contributed by atoms with Gasteiger partial charge in [0.05, 0.1) is 17.7 Å². The van der Waals surface area contributed by atoms with Gasteiger partial charge in [0, 0.05) is 44.1 Å². The molecule has 0 radical (unpaired) electrons. The Morgan fingerprint density at radius 1 is 1.03 bits per heavy atom. The number of aromatic nitrogens is 1. The second-order valence-corrected chi connectivity index (χ2v) is 8.03. The molecule has 162 valence electrons. The van der Waals surface area contributed by atoms with Gasteiger partial charge in [-0.15, -0.1) is 0 Å². The summed E-state index contributed by atoms with van der Waals surface area (Å²) in [6.07, 6.45) is 0. The molecule has 2 heterocycles. The third kappa shape index (κ3) is 3.87. The maximum Gasteiger partial charge on any atom is 0.271 e. The van der Waals surface area contributed by atoms with Crippen molar-refractivity contribution < 1.29 is 9.59 Å². The maximum atomic E-state index is 13.4. The van der Waals surface area contributed by atoms with Crippen LogP contribution in [0.25, 0.3) is 10.9 Å². The van der Waals surface area contributed by atoms with Crippen molar-refractivity contribution in [1.82, 2.24) is 9.47 Å². The molecule has 0 atom stereocenters. The predicted octanol–water partition coefficient (Wildman–Crippen LogP) is 2.73. The van der Waals surface area contributed by atoms with Gasteiger partial charge in [-0.1, -0.05) is 42.0 Å². The van der Waals surface area contributed by atoms with Crippen LogP contribution in [0.3, 0.4) is 0 Å². The van der Waals surface area contributed by atoms with Gasteiger partial charge in [-0.05, 0) is 19.1 Å². The van der Waals surface area contributed by atoms with Crippen LogP contribution in [0.15, 0.2) is 53.3 Å². The first-order valence-electron chi connectivity index (χ1n) is 10.6. The molecule has 1 aromatic heterocycles. The van der Waals surface area contributed by atoms with E-state index in [2.05, 4.69) is 6.07 Å². The summed E-state index contributed by atoms with van der Waals surface area (Å²) in [4.78, 5) is 41.7. The van der Waals surface area contributed by atoms with Crippen molar-refractivity contribution in [3.05, 3.63) is 75.6 Å². The maximum absolute atomic E-state index is 13.4. The van der Waals surface area contributed by atoms with E-state index in [4.69, 9.17) is 0 Å². The summed E-state index contributed by atoms with van der Waals surface area (Å²) in [5.41, 5.74) is 2.26. The van der Waals surface area contributed by atoms with Gasteiger partial charge in [-0.25, -0.2) is 0 Å². The molecule has 1 aliphatic heterocycles. The van der Waals surface area contributed by atoms with Crippen LogP contribution < -0.4 is 10.5 Å². The van der Waals surface area contributed by atoms with Crippen molar-refractivity contribution >= 4 is 28.3 Å². The zero-order valence-corrected chi connectivity index (χ0v) is 18.2. The number of hydrogen-bond acceptors (Lipinski definition) is 5. The average molecular weight is 428 g/mol. The Labute approximate surface area is 186 Å². The number of benzene rings is 2. The molecule has 0 bridgehead atoms. The molecule has 32 heavy (non-hydrogen) atoms. The van der Waals surface area contributed by atoms with E-state index in [-0.39, 0.29) is 23.8 Å². The zero-order valence-electron chi connectivity index (χ0n) is 18.2. The van der Waals surface area contributed by atoms with Gasteiger partial charge in [0.15, 0.2) is 5.78 Å². The second kappa shape index (κ2) is 8.67. The molecule has 2 aromatic carbocycles. The fourth-order valence-corrected chi connectivity index (χ4v) is 4.25. The van der Waals surface area contributed by atoms with Gasteiger partial charge in [-0.3, -0.25) is 19.0 Å².